The van der Waals surface area contributed by atoms with E-state index in [0.29, 0.717) is 12.3 Å². The smallest absolute Gasteiger partial charge is 0.138 e. The molecule has 0 radical (unpaired) electrons. The minimum absolute atomic E-state index is 0.503. The Labute approximate surface area is 126 Å². The summed E-state index contributed by atoms with van der Waals surface area (Å²) in [5.41, 5.74) is 2.25. The summed E-state index contributed by atoms with van der Waals surface area (Å²) in [6.45, 7) is 7.37. The van der Waals surface area contributed by atoms with Gasteiger partial charge in [0.25, 0.3) is 0 Å². The van der Waals surface area contributed by atoms with Crippen LogP contribution in [-0.2, 0) is 19.4 Å². The molecule has 0 bridgehead atoms. The van der Waals surface area contributed by atoms with E-state index < -0.39 is 6.10 Å². The molecule has 0 aliphatic carbocycles. The van der Waals surface area contributed by atoms with Crippen molar-refractivity contribution in [1.29, 1.82) is 0 Å². The fourth-order valence-electron chi connectivity index (χ4n) is 2.48. The van der Waals surface area contributed by atoms with Crippen molar-refractivity contribution in [3.05, 3.63) is 47.5 Å². The summed E-state index contributed by atoms with van der Waals surface area (Å²) in [5, 5.41) is 14.6. The molecule has 0 fully saturated rings. The van der Waals surface area contributed by atoms with Gasteiger partial charge >= 0.3 is 0 Å². The molecule has 4 heteroatoms. The van der Waals surface area contributed by atoms with Gasteiger partial charge in [-0.2, -0.15) is 5.10 Å². The third-order valence-electron chi connectivity index (χ3n) is 3.52. The van der Waals surface area contributed by atoms with E-state index in [1.165, 1.54) is 5.56 Å². The first kappa shape index (κ1) is 15.7. The Morgan fingerprint density at radius 2 is 1.86 bits per heavy atom. The van der Waals surface area contributed by atoms with Crippen molar-refractivity contribution in [2.75, 3.05) is 0 Å². The highest BCUT2D eigenvalue weighted by molar-refractivity contribution is 5.25. The predicted molar refractivity (Wildman–Crippen MR) is 84.0 cm³/mol. The molecular formula is C17H25N3O. The van der Waals surface area contributed by atoms with Crippen LogP contribution < -0.4 is 0 Å². The predicted octanol–water partition coefficient (Wildman–Crippen LogP) is 3.16. The number of hydrogen-bond acceptors (Lipinski definition) is 3. The van der Waals surface area contributed by atoms with Crippen LogP contribution in [0.1, 0.15) is 50.2 Å². The number of rotatable bonds is 7. The van der Waals surface area contributed by atoms with Crippen molar-refractivity contribution >= 4 is 0 Å². The molecule has 4 nitrogen and oxygen atoms in total. The maximum atomic E-state index is 10.4. The Bertz CT molecular complexity index is 545. The van der Waals surface area contributed by atoms with Crippen molar-refractivity contribution in [1.82, 2.24) is 14.8 Å². The average Bonchev–Trinajstić information content (AvgIpc) is 2.86. The topological polar surface area (TPSA) is 50.9 Å². The van der Waals surface area contributed by atoms with Gasteiger partial charge in [-0.1, -0.05) is 45.0 Å². The van der Waals surface area contributed by atoms with E-state index in [1.807, 2.05) is 16.8 Å². The highest BCUT2D eigenvalue weighted by atomic mass is 16.3. The van der Waals surface area contributed by atoms with Crippen LogP contribution in [0.25, 0.3) is 0 Å². The third-order valence-corrected chi connectivity index (χ3v) is 3.52. The van der Waals surface area contributed by atoms with Gasteiger partial charge in [0.05, 0.1) is 6.10 Å². The number of nitrogens with zero attached hydrogens (tertiary/aromatic N) is 3. The number of aryl methyl sites for hydroxylation is 1. The Balaban J connectivity index is 2.02. The molecule has 1 atom stereocenters. The van der Waals surface area contributed by atoms with Gasteiger partial charge in [0.1, 0.15) is 12.2 Å². The number of hydrogen-bond donors (Lipinski definition) is 1. The van der Waals surface area contributed by atoms with Gasteiger partial charge in [-0.15, -0.1) is 0 Å². The quantitative estimate of drug-likeness (QED) is 0.851. The van der Waals surface area contributed by atoms with E-state index in [0.717, 1.165) is 30.8 Å². The Morgan fingerprint density at radius 1 is 1.14 bits per heavy atom. The van der Waals surface area contributed by atoms with Crippen LogP contribution in [0.15, 0.2) is 30.6 Å². The molecule has 21 heavy (non-hydrogen) atoms. The standard InChI is InChI=1S/C17H25N3O/c1-4-9-20-17(18-12-19-20)11-16(21)15-7-5-14(6-8-15)10-13(2)3/h5-8,12-13,16,21H,4,9-11H2,1-3H3. The molecule has 0 spiro atoms. The van der Waals surface area contributed by atoms with Gasteiger partial charge in [-0.05, 0) is 29.9 Å². The van der Waals surface area contributed by atoms with Crippen LogP contribution >= 0.6 is 0 Å². The molecule has 1 heterocycles. The molecule has 0 saturated heterocycles. The lowest BCUT2D eigenvalue weighted by Crippen LogP contribution is -2.10. The average molecular weight is 287 g/mol. The molecule has 1 aromatic carbocycles. The van der Waals surface area contributed by atoms with E-state index in [-0.39, 0.29) is 0 Å². The van der Waals surface area contributed by atoms with Gasteiger partial charge in [-0.25, -0.2) is 4.98 Å². The van der Waals surface area contributed by atoms with E-state index in [2.05, 4.69) is 43.0 Å². The van der Waals surface area contributed by atoms with Crippen LogP contribution in [0.2, 0.25) is 0 Å². The molecular weight excluding hydrogens is 262 g/mol. The molecule has 2 rings (SSSR count). The number of aliphatic hydroxyl groups is 1. The van der Waals surface area contributed by atoms with Crippen LogP contribution in [0.5, 0.6) is 0 Å². The highest BCUT2D eigenvalue weighted by Crippen LogP contribution is 2.19. The fraction of sp³-hybridized carbons (Fsp3) is 0.529. The summed E-state index contributed by atoms with van der Waals surface area (Å²) in [6.07, 6.45) is 3.61. The van der Waals surface area contributed by atoms with Gasteiger partial charge < -0.3 is 5.11 Å². The summed E-state index contributed by atoms with van der Waals surface area (Å²) in [6, 6.07) is 8.25. The monoisotopic (exact) mass is 287 g/mol. The molecule has 0 aliphatic heterocycles. The van der Waals surface area contributed by atoms with Crippen LogP contribution in [0, 0.1) is 5.92 Å². The lowest BCUT2D eigenvalue weighted by Gasteiger charge is -2.12. The molecule has 0 amide bonds. The molecule has 2 aromatic rings. The highest BCUT2D eigenvalue weighted by Gasteiger charge is 2.13. The Hall–Kier alpha value is -1.68. The fourth-order valence-corrected chi connectivity index (χ4v) is 2.48. The maximum Gasteiger partial charge on any atom is 0.138 e. The number of aromatic nitrogens is 3. The van der Waals surface area contributed by atoms with Crippen LogP contribution in [0.3, 0.4) is 0 Å². The van der Waals surface area contributed by atoms with Crippen molar-refractivity contribution in [2.24, 2.45) is 5.92 Å². The van der Waals surface area contributed by atoms with Gasteiger partial charge in [0.15, 0.2) is 0 Å². The summed E-state index contributed by atoms with van der Waals surface area (Å²) in [7, 11) is 0. The van der Waals surface area contributed by atoms with Crippen molar-refractivity contribution < 1.29 is 5.11 Å². The first-order chi connectivity index (χ1) is 10.1. The van der Waals surface area contributed by atoms with Crippen LogP contribution in [0.4, 0.5) is 0 Å². The number of aliphatic hydroxyl groups excluding tert-OH is 1. The third kappa shape index (κ3) is 4.39. The van der Waals surface area contributed by atoms with Crippen LogP contribution in [-0.4, -0.2) is 19.9 Å². The summed E-state index contributed by atoms with van der Waals surface area (Å²) >= 11 is 0. The minimum Gasteiger partial charge on any atom is -0.388 e. The molecule has 1 aromatic heterocycles. The maximum absolute atomic E-state index is 10.4. The first-order valence-corrected chi connectivity index (χ1v) is 7.73. The normalized spacial score (nSPS) is 12.8. The zero-order chi connectivity index (χ0) is 15.2. The van der Waals surface area contributed by atoms with E-state index in [1.54, 1.807) is 6.33 Å². The summed E-state index contributed by atoms with van der Waals surface area (Å²) < 4.78 is 1.87. The molecule has 1 N–H and O–H groups in total. The van der Waals surface area contributed by atoms with Crippen molar-refractivity contribution in [3.8, 4) is 0 Å². The van der Waals surface area contributed by atoms with Crippen molar-refractivity contribution in [3.63, 3.8) is 0 Å². The Kier molecular flexibility index (Phi) is 5.51. The van der Waals surface area contributed by atoms with Gasteiger partial charge in [0.2, 0.25) is 0 Å². The van der Waals surface area contributed by atoms with E-state index in [4.69, 9.17) is 0 Å². The SMILES string of the molecule is CCCn1ncnc1CC(O)c1ccc(CC(C)C)cc1. The Morgan fingerprint density at radius 3 is 2.48 bits per heavy atom. The summed E-state index contributed by atoms with van der Waals surface area (Å²) in [5.74, 6) is 1.49. The lowest BCUT2D eigenvalue weighted by atomic mass is 9.99. The van der Waals surface area contributed by atoms with E-state index >= 15 is 0 Å². The second-order valence-electron chi connectivity index (χ2n) is 5.96. The van der Waals surface area contributed by atoms with Gasteiger partial charge in [-0.3, -0.25) is 4.68 Å². The van der Waals surface area contributed by atoms with Crippen molar-refractivity contribution in [2.45, 2.75) is 52.7 Å². The lowest BCUT2D eigenvalue weighted by molar-refractivity contribution is 0.174. The number of benzene rings is 1. The van der Waals surface area contributed by atoms with E-state index in [9.17, 15) is 5.11 Å². The summed E-state index contributed by atoms with van der Waals surface area (Å²) in [4.78, 5) is 4.25. The second kappa shape index (κ2) is 7.36. The first-order valence-electron chi connectivity index (χ1n) is 7.73. The second-order valence-corrected chi connectivity index (χ2v) is 5.96. The zero-order valence-electron chi connectivity index (χ0n) is 13.2. The minimum atomic E-state index is -0.530. The molecule has 0 aliphatic rings. The molecule has 1 unspecified atom stereocenters. The van der Waals surface area contributed by atoms with Gasteiger partial charge in [0, 0.05) is 13.0 Å². The molecule has 0 saturated carbocycles. The zero-order valence-corrected chi connectivity index (χ0v) is 13.2. The largest absolute Gasteiger partial charge is 0.388 e. The molecule has 114 valence electrons.